The second-order valence-electron chi connectivity index (χ2n) is 7.00. The lowest BCUT2D eigenvalue weighted by Gasteiger charge is -2.10. The number of aromatic hydroxyl groups is 1. The normalized spacial score (nSPS) is 11.1. The van der Waals surface area contributed by atoms with Crippen LogP contribution in [0.1, 0.15) is 25.3 Å². The molecular formula is C24H22O3S. The molecule has 0 atom stereocenters. The minimum absolute atomic E-state index is 0.253. The van der Waals surface area contributed by atoms with Crippen LogP contribution in [0.3, 0.4) is 0 Å². The lowest BCUT2D eigenvalue weighted by Crippen LogP contribution is -1.89. The average Bonchev–Trinajstić information content (AvgIpc) is 3.05. The lowest BCUT2D eigenvalue weighted by atomic mass is 10.0. The molecule has 0 radical (unpaired) electrons. The summed E-state index contributed by atoms with van der Waals surface area (Å²) in [5, 5.41) is 10.9. The smallest absolute Gasteiger partial charge is 0.153 e. The average molecular weight is 391 g/mol. The van der Waals surface area contributed by atoms with E-state index in [1.54, 1.807) is 30.6 Å². The highest BCUT2D eigenvalue weighted by molar-refractivity contribution is 7.22. The molecule has 0 aliphatic heterocycles. The maximum Gasteiger partial charge on any atom is 0.153 e. The van der Waals surface area contributed by atoms with Gasteiger partial charge in [0.15, 0.2) is 5.75 Å². The highest BCUT2D eigenvalue weighted by Crippen LogP contribution is 2.47. The van der Waals surface area contributed by atoms with Crippen LogP contribution in [0.2, 0.25) is 0 Å². The first-order chi connectivity index (χ1) is 13.5. The van der Waals surface area contributed by atoms with E-state index in [4.69, 9.17) is 9.47 Å². The van der Waals surface area contributed by atoms with Gasteiger partial charge in [-0.2, -0.15) is 0 Å². The van der Waals surface area contributed by atoms with Gasteiger partial charge in [-0.15, -0.1) is 11.3 Å². The Bertz CT molecular complexity index is 1090. The number of methoxy groups -OCH3 is 1. The minimum Gasteiger partial charge on any atom is -0.508 e. The topological polar surface area (TPSA) is 38.7 Å². The van der Waals surface area contributed by atoms with E-state index in [0.29, 0.717) is 5.92 Å². The molecule has 4 rings (SSSR count). The van der Waals surface area contributed by atoms with Gasteiger partial charge in [0.05, 0.1) is 12.0 Å². The van der Waals surface area contributed by atoms with Gasteiger partial charge >= 0.3 is 0 Å². The molecule has 0 spiro atoms. The van der Waals surface area contributed by atoms with Crippen molar-refractivity contribution in [3.63, 3.8) is 0 Å². The van der Waals surface area contributed by atoms with E-state index >= 15 is 0 Å². The Balaban J connectivity index is 1.80. The molecule has 4 heteroatoms. The summed E-state index contributed by atoms with van der Waals surface area (Å²) in [5.41, 5.74) is 2.33. The minimum atomic E-state index is 0.253. The fourth-order valence-corrected chi connectivity index (χ4v) is 4.30. The van der Waals surface area contributed by atoms with Crippen LogP contribution in [0.4, 0.5) is 0 Å². The van der Waals surface area contributed by atoms with Gasteiger partial charge in [0.1, 0.15) is 17.2 Å². The molecule has 0 unspecified atom stereocenters. The Morgan fingerprint density at radius 1 is 0.857 bits per heavy atom. The largest absolute Gasteiger partial charge is 0.508 e. The van der Waals surface area contributed by atoms with Crippen molar-refractivity contribution in [3.05, 3.63) is 72.3 Å². The van der Waals surface area contributed by atoms with Crippen molar-refractivity contribution in [1.82, 2.24) is 0 Å². The number of ether oxygens (including phenoxy) is 2. The Hall–Kier alpha value is -2.98. The van der Waals surface area contributed by atoms with E-state index in [2.05, 4.69) is 26.0 Å². The van der Waals surface area contributed by atoms with Gasteiger partial charge in [-0.3, -0.25) is 0 Å². The molecule has 28 heavy (non-hydrogen) atoms. The van der Waals surface area contributed by atoms with Crippen molar-refractivity contribution in [2.75, 3.05) is 7.11 Å². The predicted octanol–water partition coefficient (Wildman–Crippen LogP) is 7.20. The van der Waals surface area contributed by atoms with Crippen molar-refractivity contribution < 1.29 is 14.6 Å². The molecule has 1 N–H and O–H groups in total. The summed E-state index contributed by atoms with van der Waals surface area (Å²) in [5.74, 6) is 3.15. The molecule has 0 amide bonds. The van der Waals surface area contributed by atoms with Gasteiger partial charge < -0.3 is 14.6 Å². The molecule has 142 valence electrons. The molecule has 0 saturated carbocycles. The van der Waals surface area contributed by atoms with Crippen LogP contribution in [-0.2, 0) is 0 Å². The molecule has 0 saturated heterocycles. The Labute approximate surface area is 168 Å². The molecule has 1 aromatic heterocycles. The first-order valence-corrected chi connectivity index (χ1v) is 10.0. The van der Waals surface area contributed by atoms with Crippen molar-refractivity contribution in [2.24, 2.45) is 0 Å². The van der Waals surface area contributed by atoms with Crippen LogP contribution < -0.4 is 9.47 Å². The molecule has 3 nitrogen and oxygen atoms in total. The van der Waals surface area contributed by atoms with Crippen molar-refractivity contribution in [3.8, 4) is 33.4 Å². The van der Waals surface area contributed by atoms with E-state index in [0.717, 1.165) is 37.8 Å². The van der Waals surface area contributed by atoms with Crippen LogP contribution in [0, 0.1) is 0 Å². The van der Waals surface area contributed by atoms with Gasteiger partial charge in [0.2, 0.25) is 0 Å². The summed E-state index contributed by atoms with van der Waals surface area (Å²) in [6.07, 6.45) is 0. The third-order valence-electron chi connectivity index (χ3n) is 4.75. The summed E-state index contributed by atoms with van der Waals surface area (Å²) in [7, 11) is 1.66. The van der Waals surface area contributed by atoms with Gasteiger partial charge in [0.25, 0.3) is 0 Å². The molecule has 0 bridgehead atoms. The number of thiophene rings is 1. The van der Waals surface area contributed by atoms with Gasteiger partial charge in [-0.1, -0.05) is 26.0 Å². The zero-order chi connectivity index (χ0) is 19.7. The Morgan fingerprint density at radius 3 is 2.18 bits per heavy atom. The maximum absolute atomic E-state index is 9.89. The van der Waals surface area contributed by atoms with Crippen molar-refractivity contribution in [2.45, 2.75) is 19.8 Å². The van der Waals surface area contributed by atoms with E-state index in [1.807, 2.05) is 42.5 Å². The number of benzene rings is 3. The molecule has 0 aliphatic carbocycles. The van der Waals surface area contributed by atoms with E-state index < -0.39 is 0 Å². The molecule has 3 aromatic carbocycles. The fourth-order valence-electron chi connectivity index (χ4n) is 3.13. The van der Waals surface area contributed by atoms with Crippen LogP contribution in [-0.4, -0.2) is 12.2 Å². The zero-order valence-electron chi connectivity index (χ0n) is 16.1. The molecule has 0 aliphatic rings. The fraction of sp³-hybridized carbons (Fsp3) is 0.167. The lowest BCUT2D eigenvalue weighted by molar-refractivity contribution is 0.415. The SMILES string of the molecule is COc1ccc(-c2sc3cc(O)ccc3c2Oc2ccc(C(C)C)cc2)cc1. The number of rotatable bonds is 5. The second-order valence-corrected chi connectivity index (χ2v) is 8.05. The molecule has 1 heterocycles. The summed E-state index contributed by atoms with van der Waals surface area (Å²) >= 11 is 1.61. The van der Waals surface area contributed by atoms with Crippen LogP contribution >= 0.6 is 11.3 Å². The maximum atomic E-state index is 9.89. The van der Waals surface area contributed by atoms with E-state index in [1.165, 1.54) is 5.56 Å². The van der Waals surface area contributed by atoms with E-state index in [9.17, 15) is 5.11 Å². The van der Waals surface area contributed by atoms with E-state index in [-0.39, 0.29) is 5.75 Å². The zero-order valence-corrected chi connectivity index (χ0v) is 16.9. The highest BCUT2D eigenvalue weighted by Gasteiger charge is 2.17. The predicted molar refractivity (Wildman–Crippen MR) is 116 cm³/mol. The summed E-state index contributed by atoms with van der Waals surface area (Å²) in [6, 6.07) is 21.6. The number of hydrogen-bond acceptors (Lipinski definition) is 4. The second kappa shape index (κ2) is 7.56. The number of hydrogen-bond donors (Lipinski definition) is 1. The highest BCUT2D eigenvalue weighted by atomic mass is 32.1. The molecule has 0 fully saturated rings. The van der Waals surface area contributed by atoms with Gasteiger partial charge in [-0.25, -0.2) is 0 Å². The van der Waals surface area contributed by atoms with Crippen molar-refractivity contribution in [1.29, 1.82) is 0 Å². The summed E-state index contributed by atoms with van der Waals surface area (Å²) in [6.45, 7) is 4.35. The van der Waals surface area contributed by atoms with Gasteiger partial charge in [0, 0.05) is 10.1 Å². The van der Waals surface area contributed by atoms with Gasteiger partial charge in [-0.05, 0) is 71.6 Å². The Kier molecular flexibility index (Phi) is 4.97. The molecular weight excluding hydrogens is 368 g/mol. The molecule has 4 aromatic rings. The first-order valence-electron chi connectivity index (χ1n) is 9.23. The van der Waals surface area contributed by atoms with Crippen molar-refractivity contribution >= 4 is 21.4 Å². The van der Waals surface area contributed by atoms with Crippen LogP contribution in [0.15, 0.2) is 66.7 Å². The van der Waals surface area contributed by atoms with Crippen LogP contribution in [0.25, 0.3) is 20.5 Å². The Morgan fingerprint density at radius 2 is 1.54 bits per heavy atom. The van der Waals surface area contributed by atoms with Crippen LogP contribution in [0.5, 0.6) is 23.0 Å². The number of fused-ring (bicyclic) bond motifs is 1. The third-order valence-corrected chi connectivity index (χ3v) is 5.93. The number of phenols is 1. The summed E-state index contributed by atoms with van der Waals surface area (Å²) in [4.78, 5) is 1.02. The summed E-state index contributed by atoms with van der Waals surface area (Å²) < 4.78 is 12.6. The first kappa shape index (κ1) is 18.4. The quantitative estimate of drug-likeness (QED) is 0.392. The monoisotopic (exact) mass is 390 g/mol. The standard InChI is InChI=1S/C24H22O3S/c1-15(2)16-4-11-20(12-5-16)27-23-21-13-8-18(25)14-22(21)28-24(23)17-6-9-19(26-3)10-7-17/h4-15,25H,1-3H3. The third kappa shape index (κ3) is 3.56. The number of phenolic OH excluding ortho intramolecular Hbond substituents is 1.